The second-order valence-electron chi connectivity index (χ2n) is 2.81. The van der Waals surface area contributed by atoms with Crippen molar-refractivity contribution in [3.05, 3.63) is 0 Å². The van der Waals surface area contributed by atoms with E-state index in [0.717, 1.165) is 11.8 Å². The minimum atomic E-state index is 0.542. The monoisotopic (exact) mass is 99.1 g/mol. The molecule has 0 aromatic heterocycles. The van der Waals surface area contributed by atoms with Gasteiger partial charge in [0.1, 0.15) is 0 Å². The number of nitrogens with two attached hydrogens (primary N) is 1. The fourth-order valence-corrected chi connectivity index (χ4v) is 1.00. The van der Waals surface area contributed by atoms with Gasteiger partial charge in [-0.15, -0.1) is 0 Å². The molecule has 0 aromatic rings. The van der Waals surface area contributed by atoms with Crippen LogP contribution in [-0.4, -0.2) is 6.04 Å². The lowest BCUT2D eigenvalue weighted by atomic mass is 10.1. The zero-order valence-corrected chi connectivity index (χ0v) is 5.02. The molecule has 2 N–H and O–H groups in total. The van der Waals surface area contributed by atoms with Crippen LogP contribution in [0.3, 0.4) is 0 Å². The van der Waals surface area contributed by atoms with Gasteiger partial charge in [0.15, 0.2) is 0 Å². The molecule has 0 aromatic carbocycles. The Balaban J connectivity index is 2.20. The zero-order chi connectivity index (χ0) is 5.44. The Kier molecular flexibility index (Phi) is 1.08. The Labute approximate surface area is 44.9 Å². The molecule has 1 unspecified atom stereocenters. The Morgan fingerprint density at radius 2 is 2.00 bits per heavy atom. The first kappa shape index (κ1) is 5.10. The average Bonchev–Trinajstić information content (AvgIpc) is 2.17. The van der Waals surface area contributed by atoms with Gasteiger partial charge in [0, 0.05) is 6.04 Å². The van der Waals surface area contributed by atoms with Crippen LogP contribution in [0.4, 0.5) is 0 Å². The van der Waals surface area contributed by atoms with Gasteiger partial charge in [-0.25, -0.2) is 0 Å². The van der Waals surface area contributed by atoms with Crippen molar-refractivity contribution in [1.29, 1.82) is 0 Å². The molecule has 7 heavy (non-hydrogen) atoms. The molecule has 1 aliphatic carbocycles. The summed E-state index contributed by atoms with van der Waals surface area (Å²) in [5.41, 5.74) is 5.57. The van der Waals surface area contributed by atoms with Crippen LogP contribution in [0.2, 0.25) is 0 Å². The molecule has 2 atom stereocenters. The van der Waals surface area contributed by atoms with Crippen molar-refractivity contribution in [2.24, 2.45) is 17.6 Å². The average molecular weight is 99.2 g/mol. The number of hydrogen-bond donors (Lipinski definition) is 1. The first-order chi connectivity index (χ1) is 3.22. The highest BCUT2D eigenvalue weighted by atomic mass is 14.7. The van der Waals surface area contributed by atoms with Crippen molar-refractivity contribution in [3.8, 4) is 0 Å². The van der Waals surface area contributed by atoms with Crippen molar-refractivity contribution in [3.63, 3.8) is 0 Å². The standard InChI is InChI=1S/C6H13N/c1-4(2)5-3-6(5)7/h4-6H,3,7H2,1-2H3/t5-,6?/m0/s1. The molecular weight excluding hydrogens is 86.1 g/mol. The first-order valence-corrected chi connectivity index (χ1v) is 2.97. The van der Waals surface area contributed by atoms with Gasteiger partial charge in [-0.1, -0.05) is 13.8 Å². The van der Waals surface area contributed by atoms with Crippen LogP contribution in [0.25, 0.3) is 0 Å². The van der Waals surface area contributed by atoms with Gasteiger partial charge in [-0.05, 0) is 18.3 Å². The fourth-order valence-electron chi connectivity index (χ4n) is 1.00. The van der Waals surface area contributed by atoms with E-state index in [-0.39, 0.29) is 0 Å². The summed E-state index contributed by atoms with van der Waals surface area (Å²) in [4.78, 5) is 0. The normalized spacial score (nSPS) is 39.4. The molecule has 0 amide bonds. The topological polar surface area (TPSA) is 26.0 Å². The third kappa shape index (κ3) is 0.942. The fraction of sp³-hybridized carbons (Fsp3) is 1.00. The van der Waals surface area contributed by atoms with Gasteiger partial charge in [0.2, 0.25) is 0 Å². The number of rotatable bonds is 1. The van der Waals surface area contributed by atoms with Gasteiger partial charge in [-0.3, -0.25) is 0 Å². The van der Waals surface area contributed by atoms with E-state index in [1.165, 1.54) is 6.42 Å². The van der Waals surface area contributed by atoms with Gasteiger partial charge in [-0.2, -0.15) is 0 Å². The lowest BCUT2D eigenvalue weighted by molar-refractivity contribution is 0.547. The summed E-state index contributed by atoms with van der Waals surface area (Å²) in [6.07, 6.45) is 1.26. The van der Waals surface area contributed by atoms with Crippen LogP contribution in [-0.2, 0) is 0 Å². The molecule has 0 aliphatic heterocycles. The molecule has 0 saturated heterocycles. The van der Waals surface area contributed by atoms with Gasteiger partial charge in [0.25, 0.3) is 0 Å². The Hall–Kier alpha value is -0.0400. The van der Waals surface area contributed by atoms with Crippen molar-refractivity contribution in [2.75, 3.05) is 0 Å². The van der Waals surface area contributed by atoms with Crippen LogP contribution in [0, 0.1) is 11.8 Å². The van der Waals surface area contributed by atoms with E-state index in [1.54, 1.807) is 0 Å². The van der Waals surface area contributed by atoms with Gasteiger partial charge in [0.05, 0.1) is 0 Å². The highest BCUT2D eigenvalue weighted by Crippen LogP contribution is 2.34. The molecule has 0 radical (unpaired) electrons. The van der Waals surface area contributed by atoms with E-state index in [9.17, 15) is 0 Å². The van der Waals surface area contributed by atoms with Crippen LogP contribution < -0.4 is 5.73 Å². The quantitative estimate of drug-likeness (QED) is 0.521. The van der Waals surface area contributed by atoms with Crippen LogP contribution >= 0.6 is 0 Å². The summed E-state index contributed by atoms with van der Waals surface area (Å²) >= 11 is 0. The Morgan fingerprint density at radius 1 is 1.57 bits per heavy atom. The molecular formula is C6H13N. The predicted molar refractivity (Wildman–Crippen MR) is 30.9 cm³/mol. The molecule has 1 fully saturated rings. The van der Waals surface area contributed by atoms with Crippen molar-refractivity contribution in [2.45, 2.75) is 26.3 Å². The first-order valence-electron chi connectivity index (χ1n) is 2.97. The molecule has 1 heteroatoms. The second kappa shape index (κ2) is 1.48. The maximum atomic E-state index is 5.57. The van der Waals surface area contributed by atoms with Crippen LogP contribution in [0.5, 0.6) is 0 Å². The van der Waals surface area contributed by atoms with E-state index in [1.807, 2.05) is 0 Å². The van der Waals surface area contributed by atoms with Crippen molar-refractivity contribution < 1.29 is 0 Å². The lowest BCUT2D eigenvalue weighted by Crippen LogP contribution is -2.05. The van der Waals surface area contributed by atoms with E-state index in [0.29, 0.717) is 6.04 Å². The smallest absolute Gasteiger partial charge is 0.00735 e. The van der Waals surface area contributed by atoms with E-state index >= 15 is 0 Å². The summed E-state index contributed by atoms with van der Waals surface area (Å²) in [6.45, 7) is 4.47. The second-order valence-corrected chi connectivity index (χ2v) is 2.81. The summed E-state index contributed by atoms with van der Waals surface area (Å²) in [7, 11) is 0. The number of hydrogen-bond acceptors (Lipinski definition) is 1. The van der Waals surface area contributed by atoms with Crippen LogP contribution in [0.15, 0.2) is 0 Å². The molecule has 1 saturated carbocycles. The largest absolute Gasteiger partial charge is 0.327 e. The van der Waals surface area contributed by atoms with E-state index in [4.69, 9.17) is 5.73 Å². The highest BCUT2D eigenvalue weighted by molar-refractivity contribution is 4.91. The predicted octanol–water partition coefficient (Wildman–Crippen LogP) is 0.990. The minimum absolute atomic E-state index is 0.542. The molecule has 0 bridgehead atoms. The molecule has 1 nitrogen and oxygen atoms in total. The third-order valence-corrected chi connectivity index (χ3v) is 1.75. The molecule has 0 spiro atoms. The Bertz CT molecular complexity index is 68.6. The summed E-state index contributed by atoms with van der Waals surface area (Å²) < 4.78 is 0. The maximum Gasteiger partial charge on any atom is 0.00735 e. The Morgan fingerprint density at radius 3 is 2.00 bits per heavy atom. The van der Waals surface area contributed by atoms with Gasteiger partial charge >= 0.3 is 0 Å². The van der Waals surface area contributed by atoms with Crippen molar-refractivity contribution in [1.82, 2.24) is 0 Å². The maximum absolute atomic E-state index is 5.57. The summed E-state index contributed by atoms with van der Waals surface area (Å²) in [5.74, 6) is 1.66. The van der Waals surface area contributed by atoms with Gasteiger partial charge < -0.3 is 5.73 Å². The summed E-state index contributed by atoms with van der Waals surface area (Å²) in [6, 6.07) is 0.542. The molecule has 1 aliphatic rings. The molecule has 1 rings (SSSR count). The van der Waals surface area contributed by atoms with E-state index in [2.05, 4.69) is 13.8 Å². The third-order valence-electron chi connectivity index (χ3n) is 1.75. The SMILES string of the molecule is CC(C)[C@@H]1CC1N. The minimum Gasteiger partial charge on any atom is -0.327 e. The van der Waals surface area contributed by atoms with Crippen LogP contribution in [0.1, 0.15) is 20.3 Å². The lowest BCUT2D eigenvalue weighted by Gasteiger charge is -1.96. The van der Waals surface area contributed by atoms with Crippen molar-refractivity contribution >= 4 is 0 Å². The highest BCUT2D eigenvalue weighted by Gasteiger charge is 2.35. The zero-order valence-electron chi connectivity index (χ0n) is 5.02. The molecule has 0 heterocycles. The summed E-state index contributed by atoms with van der Waals surface area (Å²) in [5, 5.41) is 0. The molecule has 42 valence electrons. The van der Waals surface area contributed by atoms with E-state index < -0.39 is 0 Å².